The fraction of sp³-hybridized carbons (Fsp3) is 0.643. The molecule has 2 heterocycles. The number of alkyl halides is 3. The number of likely N-dealkylation sites (tertiary alicyclic amines) is 1. The zero-order valence-corrected chi connectivity index (χ0v) is 11.8. The van der Waals surface area contributed by atoms with Crippen LogP contribution in [-0.2, 0) is 11.0 Å². The first-order chi connectivity index (χ1) is 10.4. The van der Waals surface area contributed by atoms with Gasteiger partial charge in [-0.2, -0.15) is 18.2 Å². The van der Waals surface area contributed by atoms with Gasteiger partial charge < -0.3 is 9.64 Å². The van der Waals surface area contributed by atoms with Crippen molar-refractivity contribution in [2.24, 2.45) is 5.92 Å². The van der Waals surface area contributed by atoms with Gasteiger partial charge in [0.05, 0.1) is 6.54 Å². The van der Waals surface area contributed by atoms with E-state index in [4.69, 9.17) is 4.74 Å². The predicted molar refractivity (Wildman–Crippen MR) is 70.0 cm³/mol. The third-order valence-electron chi connectivity index (χ3n) is 3.81. The van der Waals surface area contributed by atoms with E-state index in [2.05, 4.69) is 9.97 Å². The van der Waals surface area contributed by atoms with Crippen LogP contribution in [0.15, 0.2) is 12.3 Å². The van der Waals surface area contributed by atoms with E-state index in [0.29, 0.717) is 19.5 Å². The van der Waals surface area contributed by atoms with Crippen LogP contribution in [0.25, 0.3) is 0 Å². The van der Waals surface area contributed by atoms with Crippen molar-refractivity contribution >= 4 is 5.91 Å². The molecule has 0 radical (unpaired) electrons. The molecule has 1 aliphatic heterocycles. The molecule has 1 amide bonds. The highest BCUT2D eigenvalue weighted by Gasteiger charge is 2.36. The van der Waals surface area contributed by atoms with E-state index in [-0.39, 0.29) is 23.9 Å². The average molecular weight is 315 g/mol. The molecule has 0 aromatic carbocycles. The number of carbonyl (C=O) groups is 1. The Hall–Kier alpha value is -1.86. The first-order valence-electron chi connectivity index (χ1n) is 7.29. The van der Waals surface area contributed by atoms with Crippen LogP contribution < -0.4 is 4.74 Å². The van der Waals surface area contributed by atoms with Gasteiger partial charge in [0.15, 0.2) is 5.69 Å². The number of aromatic nitrogens is 2. The second-order valence-corrected chi connectivity index (χ2v) is 5.66. The number of piperidine rings is 1. The van der Waals surface area contributed by atoms with Gasteiger partial charge in [0.1, 0.15) is 6.10 Å². The topological polar surface area (TPSA) is 55.3 Å². The lowest BCUT2D eigenvalue weighted by Gasteiger charge is -2.32. The number of hydrogen-bond donors (Lipinski definition) is 0. The monoisotopic (exact) mass is 315 g/mol. The van der Waals surface area contributed by atoms with Crippen LogP contribution in [0.3, 0.4) is 0 Å². The van der Waals surface area contributed by atoms with Crippen molar-refractivity contribution in [1.82, 2.24) is 14.9 Å². The molecule has 3 rings (SSSR count). The number of carbonyl (C=O) groups excluding carboxylic acids is 1. The lowest BCUT2D eigenvalue weighted by Crippen LogP contribution is -2.45. The Morgan fingerprint density at radius 3 is 2.77 bits per heavy atom. The van der Waals surface area contributed by atoms with Gasteiger partial charge >= 0.3 is 12.2 Å². The molecule has 1 aliphatic carbocycles. The Kier molecular flexibility index (Phi) is 3.92. The normalized spacial score (nSPS) is 22.5. The minimum Gasteiger partial charge on any atom is -0.458 e. The number of nitrogens with zero attached hydrogens (tertiary/aromatic N) is 3. The highest BCUT2D eigenvalue weighted by molar-refractivity contribution is 5.81. The molecule has 0 bridgehead atoms. The number of halogens is 3. The first-order valence-corrected chi connectivity index (χ1v) is 7.29. The van der Waals surface area contributed by atoms with Crippen molar-refractivity contribution in [3.05, 3.63) is 18.0 Å². The zero-order valence-electron chi connectivity index (χ0n) is 11.8. The summed E-state index contributed by atoms with van der Waals surface area (Å²) in [5.41, 5.74) is -1.03. The van der Waals surface area contributed by atoms with E-state index >= 15 is 0 Å². The Balaban J connectivity index is 1.64. The third kappa shape index (κ3) is 3.48. The minimum atomic E-state index is -4.53. The second kappa shape index (κ2) is 5.73. The molecule has 2 aliphatic rings. The lowest BCUT2D eigenvalue weighted by molar-refractivity contribution is -0.141. The Bertz CT molecular complexity index is 561. The summed E-state index contributed by atoms with van der Waals surface area (Å²) in [7, 11) is 0. The summed E-state index contributed by atoms with van der Waals surface area (Å²) in [4.78, 5) is 20.9. The highest BCUT2D eigenvalue weighted by Crippen LogP contribution is 2.32. The first kappa shape index (κ1) is 15.1. The van der Waals surface area contributed by atoms with Crippen molar-refractivity contribution in [3.63, 3.8) is 0 Å². The molecule has 1 saturated carbocycles. The Morgan fingerprint density at radius 2 is 2.09 bits per heavy atom. The standard InChI is InChI=1S/C14H16F3N3O2/c15-14(16,17)11-5-6-18-13(19-11)22-10-2-1-7-20(8-10)12(21)9-3-4-9/h5-6,9-10H,1-4,7-8H2. The second-order valence-electron chi connectivity index (χ2n) is 5.66. The maximum Gasteiger partial charge on any atom is 0.433 e. The van der Waals surface area contributed by atoms with Gasteiger partial charge in [-0.05, 0) is 31.7 Å². The smallest absolute Gasteiger partial charge is 0.433 e. The number of amides is 1. The summed E-state index contributed by atoms with van der Waals surface area (Å²) in [5, 5.41) is 0. The molecular weight excluding hydrogens is 299 g/mol. The fourth-order valence-electron chi connectivity index (χ4n) is 2.53. The van der Waals surface area contributed by atoms with Crippen LogP contribution in [0.4, 0.5) is 13.2 Å². The fourth-order valence-corrected chi connectivity index (χ4v) is 2.53. The van der Waals surface area contributed by atoms with Crippen LogP contribution in [0.5, 0.6) is 6.01 Å². The highest BCUT2D eigenvalue weighted by atomic mass is 19.4. The summed E-state index contributed by atoms with van der Waals surface area (Å²) < 4.78 is 43.3. The van der Waals surface area contributed by atoms with Crippen molar-refractivity contribution in [2.75, 3.05) is 13.1 Å². The van der Waals surface area contributed by atoms with Crippen molar-refractivity contribution in [1.29, 1.82) is 0 Å². The summed E-state index contributed by atoms with van der Waals surface area (Å²) in [6.07, 6.45) is -0.562. The van der Waals surface area contributed by atoms with E-state index in [1.165, 1.54) is 0 Å². The number of ether oxygens (including phenoxy) is 1. The molecule has 120 valence electrons. The molecule has 0 N–H and O–H groups in total. The third-order valence-corrected chi connectivity index (χ3v) is 3.81. The van der Waals surface area contributed by atoms with Gasteiger partial charge in [-0.25, -0.2) is 4.98 Å². The van der Waals surface area contributed by atoms with E-state index in [9.17, 15) is 18.0 Å². The van der Waals surface area contributed by atoms with Gasteiger partial charge in [-0.3, -0.25) is 4.79 Å². The van der Waals surface area contributed by atoms with Gasteiger partial charge in [-0.1, -0.05) is 0 Å². The molecule has 8 heteroatoms. The Morgan fingerprint density at radius 1 is 1.32 bits per heavy atom. The molecule has 1 unspecified atom stereocenters. The predicted octanol–water partition coefficient (Wildman–Crippen LogP) is 2.28. The summed E-state index contributed by atoms with van der Waals surface area (Å²) >= 11 is 0. The van der Waals surface area contributed by atoms with E-state index in [1.54, 1.807) is 4.90 Å². The average Bonchev–Trinajstić information content (AvgIpc) is 3.31. The van der Waals surface area contributed by atoms with Crippen molar-refractivity contribution in [2.45, 2.75) is 38.0 Å². The van der Waals surface area contributed by atoms with Gasteiger partial charge in [0.2, 0.25) is 5.91 Å². The molecule has 1 aromatic rings. The lowest BCUT2D eigenvalue weighted by atomic mass is 10.1. The van der Waals surface area contributed by atoms with E-state index in [0.717, 1.165) is 31.5 Å². The van der Waals surface area contributed by atoms with E-state index in [1.807, 2.05) is 0 Å². The van der Waals surface area contributed by atoms with Crippen LogP contribution in [-0.4, -0.2) is 40.0 Å². The number of rotatable bonds is 3. The largest absolute Gasteiger partial charge is 0.458 e. The molecule has 1 aromatic heterocycles. The van der Waals surface area contributed by atoms with Crippen LogP contribution in [0.2, 0.25) is 0 Å². The van der Waals surface area contributed by atoms with E-state index < -0.39 is 11.9 Å². The van der Waals surface area contributed by atoms with Crippen LogP contribution >= 0.6 is 0 Å². The van der Waals surface area contributed by atoms with Gasteiger partial charge in [0, 0.05) is 18.7 Å². The summed E-state index contributed by atoms with van der Waals surface area (Å²) in [6.45, 7) is 1.06. The zero-order chi connectivity index (χ0) is 15.7. The maximum atomic E-state index is 12.6. The van der Waals surface area contributed by atoms with Gasteiger partial charge in [0.25, 0.3) is 0 Å². The Labute approximate surface area is 125 Å². The number of hydrogen-bond acceptors (Lipinski definition) is 4. The van der Waals surface area contributed by atoms with Crippen molar-refractivity contribution in [3.8, 4) is 6.01 Å². The van der Waals surface area contributed by atoms with Gasteiger partial charge in [-0.15, -0.1) is 0 Å². The maximum absolute atomic E-state index is 12.6. The molecule has 22 heavy (non-hydrogen) atoms. The molecule has 5 nitrogen and oxygen atoms in total. The molecule has 1 atom stereocenters. The molecule has 0 spiro atoms. The quantitative estimate of drug-likeness (QED) is 0.859. The molecule has 1 saturated heterocycles. The summed E-state index contributed by atoms with van der Waals surface area (Å²) in [5.74, 6) is 0.252. The molecule has 2 fully saturated rings. The minimum absolute atomic E-state index is 0.123. The van der Waals surface area contributed by atoms with Crippen molar-refractivity contribution < 1.29 is 22.7 Å². The molecular formula is C14H16F3N3O2. The SMILES string of the molecule is O=C(C1CC1)N1CCCC(Oc2nccc(C(F)(F)F)n2)C1. The summed E-state index contributed by atoms with van der Waals surface area (Å²) in [6, 6.07) is 0.511. The van der Waals surface area contributed by atoms with Crippen LogP contribution in [0.1, 0.15) is 31.4 Å². The van der Waals surface area contributed by atoms with Crippen LogP contribution in [0, 0.1) is 5.92 Å².